The van der Waals surface area contributed by atoms with Crippen LogP contribution in [0.3, 0.4) is 0 Å². The number of carboxylic acid groups (broad SMARTS) is 1. The number of carbonyl (C=O) groups is 1. The summed E-state index contributed by atoms with van der Waals surface area (Å²) in [6, 6.07) is 9.62. The molecular weight excluding hydrogens is 320 g/mol. The number of aromatic nitrogens is 2. The van der Waals surface area contributed by atoms with Gasteiger partial charge in [0.15, 0.2) is 0 Å². The Morgan fingerprint density at radius 2 is 1.85 bits per heavy atom. The summed E-state index contributed by atoms with van der Waals surface area (Å²) in [4.78, 5) is 11.7. The largest absolute Gasteiger partial charge is 0.481 e. The van der Waals surface area contributed by atoms with Gasteiger partial charge in [-0.15, -0.1) is 0 Å². The van der Waals surface area contributed by atoms with Gasteiger partial charge in [0.1, 0.15) is 5.41 Å². The van der Waals surface area contributed by atoms with Crippen molar-refractivity contribution in [2.75, 3.05) is 0 Å². The maximum atomic E-state index is 11.7. The lowest BCUT2D eigenvalue weighted by Gasteiger charge is -2.20. The highest BCUT2D eigenvalue weighted by Gasteiger charge is 2.44. The summed E-state index contributed by atoms with van der Waals surface area (Å²) in [5.74, 6) is -0.754. The molecule has 1 aliphatic rings. The van der Waals surface area contributed by atoms with E-state index in [9.17, 15) is 9.90 Å². The zero-order valence-corrected chi connectivity index (χ0v) is 12.5. The van der Waals surface area contributed by atoms with Gasteiger partial charge in [-0.1, -0.05) is 28.8 Å². The third-order valence-corrected chi connectivity index (χ3v) is 4.57. The summed E-state index contributed by atoms with van der Waals surface area (Å²) in [6.07, 6.45) is 5.11. The monoisotopic (exact) mass is 334 g/mol. The Bertz CT molecular complexity index is 628. The normalized spacial score (nSPS) is 17.2. The van der Waals surface area contributed by atoms with Crippen LogP contribution in [0.25, 0.3) is 5.69 Å². The molecule has 0 aliphatic heterocycles. The van der Waals surface area contributed by atoms with Crippen molar-refractivity contribution in [1.82, 2.24) is 9.78 Å². The number of rotatable bonds is 3. The molecule has 0 saturated heterocycles. The molecule has 5 heteroatoms. The Morgan fingerprint density at radius 3 is 2.45 bits per heavy atom. The summed E-state index contributed by atoms with van der Waals surface area (Å²) in [5, 5.41) is 14.1. The fourth-order valence-electron chi connectivity index (χ4n) is 2.87. The van der Waals surface area contributed by atoms with E-state index in [2.05, 4.69) is 21.0 Å². The molecule has 0 bridgehead atoms. The second kappa shape index (κ2) is 5.05. The number of carboxylic acids is 1. The quantitative estimate of drug-likeness (QED) is 0.934. The topological polar surface area (TPSA) is 55.1 Å². The van der Waals surface area contributed by atoms with E-state index in [1.54, 1.807) is 4.68 Å². The molecule has 4 nitrogen and oxygen atoms in total. The Morgan fingerprint density at radius 1 is 1.20 bits per heavy atom. The van der Waals surface area contributed by atoms with E-state index in [-0.39, 0.29) is 0 Å². The van der Waals surface area contributed by atoms with E-state index in [4.69, 9.17) is 0 Å². The number of nitrogens with zero attached hydrogens (tertiary/aromatic N) is 2. The zero-order valence-electron chi connectivity index (χ0n) is 10.9. The molecular formula is C15H15BrN2O2. The lowest BCUT2D eigenvalue weighted by Crippen LogP contribution is -2.33. The summed E-state index contributed by atoms with van der Waals surface area (Å²) in [5.41, 5.74) is 0.809. The fourth-order valence-corrected chi connectivity index (χ4v) is 3.14. The van der Waals surface area contributed by atoms with Crippen molar-refractivity contribution >= 4 is 21.9 Å². The average molecular weight is 335 g/mol. The molecule has 1 N–H and O–H groups in total. The van der Waals surface area contributed by atoms with Gasteiger partial charge >= 0.3 is 5.97 Å². The van der Waals surface area contributed by atoms with Crippen LogP contribution in [0.5, 0.6) is 0 Å². The van der Waals surface area contributed by atoms with Crippen LogP contribution in [0.2, 0.25) is 0 Å². The third-order valence-electron chi connectivity index (χ3n) is 4.04. The summed E-state index contributed by atoms with van der Waals surface area (Å²) < 4.78 is 2.75. The first kappa shape index (κ1) is 13.4. The first-order valence-corrected chi connectivity index (χ1v) is 7.47. The van der Waals surface area contributed by atoms with Crippen LogP contribution >= 0.6 is 15.9 Å². The lowest BCUT2D eigenvalue weighted by atomic mass is 9.83. The van der Waals surface area contributed by atoms with Crippen molar-refractivity contribution < 1.29 is 9.90 Å². The van der Waals surface area contributed by atoms with Crippen LogP contribution in [-0.4, -0.2) is 20.9 Å². The van der Waals surface area contributed by atoms with E-state index < -0.39 is 11.4 Å². The molecule has 0 unspecified atom stereocenters. The average Bonchev–Trinajstić information content (AvgIpc) is 3.09. The molecule has 1 saturated carbocycles. The molecule has 0 radical (unpaired) electrons. The summed E-state index contributed by atoms with van der Waals surface area (Å²) in [6.45, 7) is 0. The molecule has 1 aromatic heterocycles. The van der Waals surface area contributed by atoms with Gasteiger partial charge in [-0.25, -0.2) is 4.68 Å². The molecule has 2 aromatic rings. The van der Waals surface area contributed by atoms with Crippen LogP contribution in [-0.2, 0) is 10.2 Å². The summed E-state index contributed by atoms with van der Waals surface area (Å²) >= 11 is 3.40. The van der Waals surface area contributed by atoms with E-state index in [1.807, 2.05) is 36.5 Å². The van der Waals surface area contributed by atoms with E-state index in [0.29, 0.717) is 18.5 Å². The first-order valence-electron chi connectivity index (χ1n) is 6.67. The van der Waals surface area contributed by atoms with Gasteiger partial charge < -0.3 is 5.11 Å². The van der Waals surface area contributed by atoms with E-state index in [0.717, 1.165) is 23.0 Å². The number of benzene rings is 1. The molecule has 1 aromatic carbocycles. The Hall–Kier alpha value is -1.62. The number of halogens is 1. The van der Waals surface area contributed by atoms with E-state index in [1.165, 1.54) is 0 Å². The second-order valence-electron chi connectivity index (χ2n) is 5.22. The van der Waals surface area contributed by atoms with Crippen molar-refractivity contribution in [3.63, 3.8) is 0 Å². The molecule has 1 fully saturated rings. The predicted molar refractivity (Wildman–Crippen MR) is 79.0 cm³/mol. The van der Waals surface area contributed by atoms with Crippen LogP contribution in [0.1, 0.15) is 31.4 Å². The maximum absolute atomic E-state index is 11.7. The molecule has 104 valence electrons. The molecule has 0 atom stereocenters. The standard InChI is InChI=1S/C15H15BrN2O2/c16-11-3-5-12(6-4-11)18-10-7-13(17-18)15(14(19)20)8-1-2-9-15/h3-7,10H,1-2,8-9H2,(H,19,20). The number of hydrogen-bond acceptors (Lipinski definition) is 2. The predicted octanol–water partition coefficient (Wildman–Crippen LogP) is 3.53. The second-order valence-corrected chi connectivity index (χ2v) is 6.13. The van der Waals surface area contributed by atoms with E-state index >= 15 is 0 Å². The summed E-state index contributed by atoms with van der Waals surface area (Å²) in [7, 11) is 0. The molecule has 3 rings (SSSR count). The van der Waals surface area contributed by atoms with Crippen LogP contribution in [0.4, 0.5) is 0 Å². The highest BCUT2D eigenvalue weighted by atomic mass is 79.9. The molecule has 20 heavy (non-hydrogen) atoms. The van der Waals surface area contributed by atoms with Gasteiger partial charge in [-0.2, -0.15) is 5.10 Å². The SMILES string of the molecule is O=C(O)C1(c2ccn(-c3ccc(Br)cc3)n2)CCCC1. The van der Waals surface area contributed by atoms with Crippen LogP contribution in [0.15, 0.2) is 41.0 Å². The number of hydrogen-bond donors (Lipinski definition) is 1. The maximum Gasteiger partial charge on any atom is 0.315 e. The molecule has 1 aliphatic carbocycles. The first-order chi connectivity index (χ1) is 9.62. The fraction of sp³-hybridized carbons (Fsp3) is 0.333. The van der Waals surface area contributed by atoms with Crippen molar-refractivity contribution in [3.05, 3.63) is 46.7 Å². The highest BCUT2D eigenvalue weighted by molar-refractivity contribution is 9.10. The minimum Gasteiger partial charge on any atom is -0.481 e. The van der Waals surface area contributed by atoms with Crippen LogP contribution in [0, 0.1) is 0 Å². The lowest BCUT2D eigenvalue weighted by molar-refractivity contribution is -0.143. The minimum atomic E-state index is -0.791. The Labute approximate surface area is 125 Å². The Balaban J connectivity index is 1.97. The van der Waals surface area contributed by atoms with Gasteiger partial charge in [0.05, 0.1) is 11.4 Å². The van der Waals surface area contributed by atoms with Gasteiger partial charge in [-0.3, -0.25) is 4.79 Å². The highest BCUT2D eigenvalue weighted by Crippen LogP contribution is 2.40. The molecule has 0 amide bonds. The minimum absolute atomic E-state index is 0.672. The van der Waals surface area contributed by atoms with Gasteiger partial charge in [-0.05, 0) is 43.2 Å². The van der Waals surface area contributed by atoms with Crippen molar-refractivity contribution in [2.45, 2.75) is 31.1 Å². The van der Waals surface area contributed by atoms with Gasteiger partial charge in [0, 0.05) is 10.7 Å². The van der Waals surface area contributed by atoms with Gasteiger partial charge in [0.2, 0.25) is 0 Å². The van der Waals surface area contributed by atoms with Crippen molar-refractivity contribution in [1.29, 1.82) is 0 Å². The molecule has 0 spiro atoms. The Kier molecular flexibility index (Phi) is 3.38. The van der Waals surface area contributed by atoms with Crippen molar-refractivity contribution in [3.8, 4) is 5.69 Å². The van der Waals surface area contributed by atoms with Crippen molar-refractivity contribution in [2.24, 2.45) is 0 Å². The smallest absolute Gasteiger partial charge is 0.315 e. The van der Waals surface area contributed by atoms with Crippen LogP contribution < -0.4 is 0 Å². The molecule has 1 heterocycles. The van der Waals surface area contributed by atoms with Gasteiger partial charge in [0.25, 0.3) is 0 Å². The number of aliphatic carboxylic acids is 1. The zero-order chi connectivity index (χ0) is 14.2. The third kappa shape index (κ3) is 2.16.